The molecule has 0 saturated carbocycles. The summed E-state index contributed by atoms with van der Waals surface area (Å²) in [5, 5.41) is 15.1. The van der Waals surface area contributed by atoms with E-state index in [2.05, 4.69) is 46.8 Å². The molecular formula is C19H25N5O2S2. The first-order valence-corrected chi connectivity index (χ1v) is 11.2. The molecule has 0 bridgehead atoms. The number of thioether (sulfide) groups is 1. The molecule has 9 heteroatoms. The number of anilines is 2. The Morgan fingerprint density at radius 1 is 1.29 bits per heavy atom. The van der Waals surface area contributed by atoms with Gasteiger partial charge in [0.05, 0.1) is 5.75 Å². The number of aromatic nitrogens is 2. The van der Waals surface area contributed by atoms with Gasteiger partial charge in [-0.15, -0.1) is 10.2 Å². The lowest BCUT2D eigenvalue weighted by atomic mass is 10.1. The first-order valence-electron chi connectivity index (χ1n) is 9.36. The second kappa shape index (κ2) is 9.88. The van der Waals surface area contributed by atoms with E-state index in [9.17, 15) is 9.59 Å². The quantitative estimate of drug-likeness (QED) is 0.480. The first-order chi connectivity index (χ1) is 13.5. The maximum atomic E-state index is 12.0. The molecule has 2 amide bonds. The number of hydrogen-bond acceptors (Lipinski definition) is 7. The number of benzene rings is 1. The number of rotatable bonds is 9. The van der Waals surface area contributed by atoms with Crippen molar-refractivity contribution in [1.82, 2.24) is 20.4 Å². The van der Waals surface area contributed by atoms with Crippen molar-refractivity contribution in [2.24, 2.45) is 0 Å². The van der Waals surface area contributed by atoms with Gasteiger partial charge in [-0.05, 0) is 49.9 Å². The van der Waals surface area contributed by atoms with Crippen molar-refractivity contribution in [1.29, 1.82) is 0 Å². The molecule has 1 fully saturated rings. The molecule has 0 aliphatic carbocycles. The third kappa shape index (κ3) is 5.93. The Hall–Kier alpha value is -2.13. The molecule has 2 N–H and O–H groups in total. The molecule has 2 aromatic rings. The number of nitrogens with one attached hydrogen (secondary N) is 2. The van der Waals surface area contributed by atoms with Gasteiger partial charge in [0.2, 0.25) is 16.9 Å². The summed E-state index contributed by atoms with van der Waals surface area (Å²) in [6.07, 6.45) is 2.39. The highest BCUT2D eigenvalue weighted by molar-refractivity contribution is 8.01. The maximum absolute atomic E-state index is 12.0. The fourth-order valence-electron chi connectivity index (χ4n) is 2.88. The fraction of sp³-hybridized carbons (Fsp3) is 0.474. The Morgan fingerprint density at radius 2 is 2.14 bits per heavy atom. The SMILES string of the molecule is Cc1ccc(Nc2nnc(SCC(=O)NCCCN3CCCC3=O)s2)cc1C. The average molecular weight is 420 g/mol. The van der Waals surface area contributed by atoms with E-state index in [1.54, 1.807) is 0 Å². The number of hydrogen-bond donors (Lipinski definition) is 2. The zero-order valence-electron chi connectivity index (χ0n) is 16.2. The summed E-state index contributed by atoms with van der Waals surface area (Å²) < 4.78 is 0.754. The predicted octanol–water partition coefficient (Wildman–Crippen LogP) is 3.12. The molecule has 2 heterocycles. The Bertz CT molecular complexity index is 839. The molecule has 1 aliphatic rings. The molecule has 1 aliphatic heterocycles. The zero-order valence-corrected chi connectivity index (χ0v) is 17.8. The number of likely N-dealkylation sites (tertiary alicyclic amines) is 1. The van der Waals surface area contributed by atoms with Gasteiger partial charge in [-0.2, -0.15) is 0 Å². The number of carbonyl (C=O) groups excluding carboxylic acids is 2. The summed E-state index contributed by atoms with van der Waals surface area (Å²) in [5.74, 6) is 0.501. The molecule has 1 aromatic heterocycles. The van der Waals surface area contributed by atoms with Crippen LogP contribution in [0.3, 0.4) is 0 Å². The van der Waals surface area contributed by atoms with Crippen molar-refractivity contribution in [3.63, 3.8) is 0 Å². The van der Waals surface area contributed by atoms with Crippen molar-refractivity contribution in [2.75, 3.05) is 30.7 Å². The smallest absolute Gasteiger partial charge is 0.230 e. The van der Waals surface area contributed by atoms with Crippen LogP contribution in [0.1, 0.15) is 30.4 Å². The molecule has 0 spiro atoms. The highest BCUT2D eigenvalue weighted by Crippen LogP contribution is 2.28. The predicted molar refractivity (Wildman–Crippen MR) is 113 cm³/mol. The van der Waals surface area contributed by atoms with E-state index in [-0.39, 0.29) is 11.8 Å². The van der Waals surface area contributed by atoms with Crippen LogP contribution in [0.15, 0.2) is 22.5 Å². The third-order valence-corrected chi connectivity index (χ3v) is 6.56. The monoisotopic (exact) mass is 419 g/mol. The van der Waals surface area contributed by atoms with Gasteiger partial charge < -0.3 is 15.5 Å². The van der Waals surface area contributed by atoms with Gasteiger partial charge in [0.1, 0.15) is 0 Å². The summed E-state index contributed by atoms with van der Waals surface area (Å²) in [4.78, 5) is 25.4. The first kappa shape index (κ1) is 20.6. The van der Waals surface area contributed by atoms with Crippen LogP contribution in [0.5, 0.6) is 0 Å². The van der Waals surface area contributed by atoms with Gasteiger partial charge in [-0.3, -0.25) is 9.59 Å². The summed E-state index contributed by atoms with van der Waals surface area (Å²) in [6, 6.07) is 6.16. The van der Waals surface area contributed by atoms with Crippen LogP contribution in [-0.2, 0) is 9.59 Å². The minimum Gasteiger partial charge on any atom is -0.355 e. The van der Waals surface area contributed by atoms with Crippen LogP contribution >= 0.6 is 23.1 Å². The lowest BCUT2D eigenvalue weighted by Gasteiger charge is -2.15. The van der Waals surface area contributed by atoms with Crippen molar-refractivity contribution in [3.05, 3.63) is 29.3 Å². The highest BCUT2D eigenvalue weighted by Gasteiger charge is 2.19. The number of aryl methyl sites for hydroxylation is 2. The largest absolute Gasteiger partial charge is 0.355 e. The minimum atomic E-state index is -0.0309. The van der Waals surface area contributed by atoms with E-state index >= 15 is 0 Å². The van der Waals surface area contributed by atoms with Crippen LogP contribution in [0.4, 0.5) is 10.8 Å². The Labute approximate surface area is 173 Å². The van der Waals surface area contributed by atoms with Crippen molar-refractivity contribution in [3.8, 4) is 0 Å². The van der Waals surface area contributed by atoms with Crippen molar-refractivity contribution < 1.29 is 9.59 Å². The van der Waals surface area contributed by atoms with Gasteiger partial charge in [-0.1, -0.05) is 29.2 Å². The fourth-order valence-corrected chi connectivity index (χ4v) is 4.48. The number of nitrogens with zero attached hydrogens (tertiary/aromatic N) is 3. The Morgan fingerprint density at radius 3 is 2.89 bits per heavy atom. The van der Waals surface area contributed by atoms with Gasteiger partial charge in [-0.25, -0.2) is 0 Å². The van der Waals surface area contributed by atoms with E-state index < -0.39 is 0 Å². The van der Waals surface area contributed by atoms with Crippen molar-refractivity contribution >= 4 is 45.7 Å². The highest BCUT2D eigenvalue weighted by atomic mass is 32.2. The maximum Gasteiger partial charge on any atom is 0.230 e. The van der Waals surface area contributed by atoms with Crippen molar-refractivity contribution in [2.45, 2.75) is 37.4 Å². The van der Waals surface area contributed by atoms with E-state index in [1.807, 2.05) is 11.0 Å². The van der Waals surface area contributed by atoms with Gasteiger partial charge >= 0.3 is 0 Å². The van der Waals surface area contributed by atoms with Gasteiger partial charge in [0.15, 0.2) is 4.34 Å². The summed E-state index contributed by atoms with van der Waals surface area (Å²) in [7, 11) is 0. The lowest BCUT2D eigenvalue weighted by molar-refractivity contribution is -0.127. The van der Waals surface area contributed by atoms with Crippen LogP contribution in [-0.4, -0.2) is 52.3 Å². The van der Waals surface area contributed by atoms with E-state index in [0.717, 1.165) is 36.0 Å². The Balaban J connectivity index is 1.36. The average Bonchev–Trinajstić information content (AvgIpc) is 3.29. The second-order valence-electron chi connectivity index (χ2n) is 6.77. The normalized spacial score (nSPS) is 13.8. The summed E-state index contributed by atoms with van der Waals surface area (Å²) in [5.41, 5.74) is 3.44. The lowest BCUT2D eigenvalue weighted by Crippen LogP contribution is -2.31. The molecular weight excluding hydrogens is 394 g/mol. The van der Waals surface area contributed by atoms with Crippen LogP contribution < -0.4 is 10.6 Å². The number of carbonyl (C=O) groups is 2. The second-order valence-corrected chi connectivity index (χ2v) is 8.97. The summed E-state index contributed by atoms with van der Waals surface area (Å²) in [6.45, 7) is 6.30. The van der Waals surface area contributed by atoms with Crippen LogP contribution in [0.25, 0.3) is 0 Å². The Kier molecular flexibility index (Phi) is 7.27. The topological polar surface area (TPSA) is 87.2 Å². The summed E-state index contributed by atoms with van der Waals surface area (Å²) >= 11 is 2.81. The molecule has 7 nitrogen and oxygen atoms in total. The van der Waals surface area contributed by atoms with Gasteiger partial charge in [0, 0.05) is 31.7 Å². The van der Waals surface area contributed by atoms with E-state index in [4.69, 9.17) is 0 Å². The van der Waals surface area contributed by atoms with E-state index in [1.165, 1.54) is 34.2 Å². The molecule has 1 aromatic carbocycles. The molecule has 0 atom stereocenters. The number of amides is 2. The van der Waals surface area contributed by atoms with Gasteiger partial charge in [0.25, 0.3) is 0 Å². The molecule has 28 heavy (non-hydrogen) atoms. The molecule has 150 valence electrons. The van der Waals surface area contributed by atoms with Crippen LogP contribution in [0, 0.1) is 13.8 Å². The minimum absolute atomic E-state index is 0.0309. The molecule has 3 rings (SSSR count). The molecule has 1 saturated heterocycles. The third-order valence-electron chi connectivity index (χ3n) is 4.59. The zero-order chi connectivity index (χ0) is 19.9. The van der Waals surface area contributed by atoms with E-state index in [0.29, 0.717) is 23.8 Å². The van der Waals surface area contributed by atoms with Crippen LogP contribution in [0.2, 0.25) is 0 Å². The molecule has 0 radical (unpaired) electrons. The standard InChI is InChI=1S/C19H25N5O2S2/c1-13-6-7-15(11-14(13)2)21-18-22-23-19(28-18)27-12-16(25)20-8-4-10-24-9-3-5-17(24)26/h6-7,11H,3-5,8-10,12H2,1-2H3,(H,20,25)(H,21,22). The molecule has 0 unspecified atom stereocenters.